The van der Waals surface area contributed by atoms with E-state index in [0.717, 1.165) is 0 Å². The van der Waals surface area contributed by atoms with Crippen LogP contribution in [0.25, 0.3) is 0 Å². The monoisotopic (exact) mass is 262 g/mol. The Labute approximate surface area is 77.2 Å². The maximum atomic E-state index is 12.9. The Balaban J connectivity index is 3.14. The molecule has 1 rings (SSSR count). The van der Waals surface area contributed by atoms with Crippen LogP contribution >= 0.6 is 15.9 Å². The third-order valence-corrected chi connectivity index (χ3v) is 2.17. The van der Waals surface area contributed by atoms with Crippen molar-refractivity contribution < 1.29 is 17.6 Å². The molecule has 0 aromatic carbocycles. The van der Waals surface area contributed by atoms with Gasteiger partial charge in [0.15, 0.2) is 0 Å². The lowest BCUT2D eigenvalue weighted by molar-refractivity contribution is -0.196. The van der Waals surface area contributed by atoms with Crippen LogP contribution in [0.15, 0.2) is 10.9 Å². The Kier molecular flexibility index (Phi) is 2.27. The number of aromatic amines is 2. The molecule has 1 unspecified atom stereocenters. The molecular formula is C5H3BrF4N2O. The normalized spacial score (nSPS) is 17.0. The van der Waals surface area contributed by atoms with Crippen molar-refractivity contribution in [2.45, 2.75) is 10.8 Å². The topological polar surface area (TPSA) is 48.6 Å². The van der Waals surface area contributed by atoms with Gasteiger partial charge < -0.3 is 0 Å². The summed E-state index contributed by atoms with van der Waals surface area (Å²) in [5.41, 5.74) is -1.74. The number of H-pyrrole nitrogens is 2. The summed E-state index contributed by atoms with van der Waals surface area (Å²) >= 11 is 1.84. The SMILES string of the molecule is O=c1cc(C(F)(Br)C(F)(F)F)[nH][nH]1. The minimum Gasteiger partial charge on any atom is -0.298 e. The molecule has 3 nitrogen and oxygen atoms in total. The lowest BCUT2D eigenvalue weighted by Gasteiger charge is -2.19. The van der Waals surface area contributed by atoms with E-state index in [1.807, 2.05) is 15.9 Å². The van der Waals surface area contributed by atoms with E-state index in [1.165, 1.54) is 0 Å². The molecule has 0 amide bonds. The zero-order chi connectivity index (χ0) is 10.3. The lowest BCUT2D eigenvalue weighted by Crippen LogP contribution is -2.32. The number of rotatable bonds is 1. The van der Waals surface area contributed by atoms with Crippen molar-refractivity contribution in [3.05, 3.63) is 22.1 Å². The molecule has 2 N–H and O–H groups in total. The van der Waals surface area contributed by atoms with Crippen molar-refractivity contribution >= 4 is 15.9 Å². The fourth-order valence-electron chi connectivity index (χ4n) is 0.654. The van der Waals surface area contributed by atoms with E-state index >= 15 is 0 Å². The molecular weight excluding hydrogens is 260 g/mol. The van der Waals surface area contributed by atoms with Crippen molar-refractivity contribution in [2.24, 2.45) is 0 Å². The molecule has 8 heteroatoms. The van der Waals surface area contributed by atoms with Crippen molar-refractivity contribution in [2.75, 3.05) is 0 Å². The van der Waals surface area contributed by atoms with Crippen molar-refractivity contribution in [3.8, 4) is 0 Å². The van der Waals surface area contributed by atoms with E-state index in [0.29, 0.717) is 6.07 Å². The van der Waals surface area contributed by atoms with E-state index in [2.05, 4.69) is 0 Å². The minimum absolute atomic E-state index is 0.488. The summed E-state index contributed by atoms with van der Waals surface area (Å²) in [4.78, 5) is 10.4. The number of alkyl halides is 5. The second-order valence-corrected chi connectivity index (χ2v) is 3.34. The molecule has 0 aliphatic rings. The second kappa shape index (κ2) is 2.86. The minimum atomic E-state index is -5.13. The summed E-state index contributed by atoms with van der Waals surface area (Å²) in [5, 5.41) is 3.57. The zero-order valence-corrected chi connectivity index (χ0v) is 7.46. The van der Waals surface area contributed by atoms with Gasteiger partial charge in [-0.3, -0.25) is 15.0 Å². The van der Waals surface area contributed by atoms with E-state index in [-0.39, 0.29) is 0 Å². The molecule has 1 atom stereocenters. The van der Waals surface area contributed by atoms with E-state index in [1.54, 1.807) is 10.2 Å². The molecule has 13 heavy (non-hydrogen) atoms. The largest absolute Gasteiger partial charge is 0.438 e. The van der Waals surface area contributed by atoms with Crippen molar-refractivity contribution in [1.82, 2.24) is 10.2 Å². The standard InChI is InChI=1S/C5H3BrF4N2O/c6-4(7,5(8,9)10)2-1-3(13)12-11-2/h1H,(H2,11,12,13). The average Bonchev–Trinajstić information content (AvgIpc) is 2.33. The Hall–Kier alpha value is -0.790. The van der Waals surface area contributed by atoms with Gasteiger partial charge in [-0.05, 0) is 15.9 Å². The van der Waals surface area contributed by atoms with Gasteiger partial charge in [-0.15, -0.1) is 0 Å². The molecule has 0 saturated heterocycles. The van der Waals surface area contributed by atoms with Crippen LogP contribution in [0.4, 0.5) is 17.6 Å². The van der Waals surface area contributed by atoms with Gasteiger partial charge in [-0.25, -0.2) is 4.39 Å². The van der Waals surface area contributed by atoms with Crippen LogP contribution in [0.3, 0.4) is 0 Å². The fraction of sp³-hybridized carbons (Fsp3) is 0.400. The molecule has 0 fully saturated rings. The van der Waals surface area contributed by atoms with Gasteiger partial charge >= 0.3 is 6.18 Å². The molecule has 0 bridgehead atoms. The quantitative estimate of drug-likeness (QED) is 0.588. The Morgan fingerprint density at radius 3 is 2.08 bits per heavy atom. The lowest BCUT2D eigenvalue weighted by atomic mass is 10.3. The number of hydrogen-bond acceptors (Lipinski definition) is 1. The summed E-state index contributed by atoms with van der Waals surface area (Å²) < 4.78 is 45.1. The molecule has 1 aromatic heterocycles. The highest BCUT2D eigenvalue weighted by atomic mass is 79.9. The van der Waals surface area contributed by atoms with Gasteiger partial charge in [0.25, 0.3) is 10.1 Å². The highest BCUT2D eigenvalue weighted by Gasteiger charge is 2.56. The van der Waals surface area contributed by atoms with Crippen LogP contribution in [0.5, 0.6) is 0 Å². The highest BCUT2D eigenvalue weighted by Crippen LogP contribution is 2.46. The summed E-state index contributed by atoms with van der Waals surface area (Å²) in [6.07, 6.45) is -5.13. The zero-order valence-electron chi connectivity index (χ0n) is 5.88. The van der Waals surface area contributed by atoms with Crippen molar-refractivity contribution in [1.29, 1.82) is 0 Å². The number of aromatic nitrogens is 2. The summed E-state index contributed by atoms with van der Waals surface area (Å²) in [5.74, 6) is 0. The first-order valence-corrected chi connectivity index (χ1v) is 3.77. The number of nitrogens with one attached hydrogen (secondary N) is 2. The Morgan fingerprint density at radius 2 is 1.77 bits per heavy atom. The molecule has 1 aromatic rings. The van der Waals surface area contributed by atoms with Crippen LogP contribution in [-0.4, -0.2) is 16.4 Å². The predicted molar refractivity (Wildman–Crippen MR) is 39.2 cm³/mol. The third-order valence-electron chi connectivity index (χ3n) is 1.29. The van der Waals surface area contributed by atoms with E-state index < -0.39 is 22.0 Å². The maximum Gasteiger partial charge on any atom is 0.438 e. The van der Waals surface area contributed by atoms with Crippen molar-refractivity contribution in [3.63, 3.8) is 0 Å². The summed E-state index contributed by atoms with van der Waals surface area (Å²) in [7, 11) is 0. The molecule has 0 aliphatic carbocycles. The predicted octanol–water partition coefficient (Wildman–Crippen LogP) is 1.78. The van der Waals surface area contributed by atoms with E-state index in [4.69, 9.17) is 0 Å². The average molecular weight is 263 g/mol. The number of hydrogen-bond donors (Lipinski definition) is 2. The van der Waals surface area contributed by atoms with Gasteiger partial charge in [0.05, 0.1) is 5.69 Å². The van der Waals surface area contributed by atoms with Gasteiger partial charge in [0, 0.05) is 6.07 Å². The Morgan fingerprint density at radius 1 is 1.23 bits per heavy atom. The third kappa shape index (κ3) is 1.77. The molecule has 74 valence electrons. The molecule has 0 radical (unpaired) electrons. The Bertz CT molecular complexity index is 352. The van der Waals surface area contributed by atoms with Crippen LogP contribution < -0.4 is 5.56 Å². The van der Waals surface area contributed by atoms with Gasteiger partial charge in [-0.2, -0.15) is 13.2 Å². The molecule has 0 saturated carbocycles. The smallest absolute Gasteiger partial charge is 0.298 e. The van der Waals surface area contributed by atoms with Gasteiger partial charge in [0.1, 0.15) is 0 Å². The maximum absolute atomic E-state index is 12.9. The van der Waals surface area contributed by atoms with E-state index in [9.17, 15) is 22.4 Å². The second-order valence-electron chi connectivity index (χ2n) is 2.24. The highest BCUT2D eigenvalue weighted by molar-refractivity contribution is 9.09. The molecule has 0 spiro atoms. The van der Waals surface area contributed by atoms with Gasteiger partial charge in [0.2, 0.25) is 0 Å². The van der Waals surface area contributed by atoms with Crippen LogP contribution in [0.1, 0.15) is 5.69 Å². The molecule has 0 aliphatic heterocycles. The van der Waals surface area contributed by atoms with Crippen LogP contribution in [0, 0.1) is 0 Å². The summed E-state index contributed by atoms with van der Waals surface area (Å²) in [6.45, 7) is 0. The summed E-state index contributed by atoms with van der Waals surface area (Å²) in [6, 6.07) is 0.488. The number of halogens is 5. The first kappa shape index (κ1) is 10.3. The fourth-order valence-corrected chi connectivity index (χ4v) is 0.868. The molecule has 1 heterocycles. The first-order chi connectivity index (χ1) is 5.75. The van der Waals surface area contributed by atoms with Gasteiger partial charge in [-0.1, -0.05) is 0 Å². The van der Waals surface area contributed by atoms with Crippen LogP contribution in [-0.2, 0) is 4.58 Å². The first-order valence-electron chi connectivity index (χ1n) is 2.98. The van der Waals surface area contributed by atoms with Crippen LogP contribution in [0.2, 0.25) is 0 Å².